The number of fused-ring (bicyclic) bond motifs is 3. The van der Waals surface area contributed by atoms with Crippen molar-refractivity contribution >= 4 is 16.8 Å². The van der Waals surface area contributed by atoms with E-state index in [1.54, 1.807) is 0 Å². The SMILES string of the molecule is CC(C)c1noc(CCCNC(=O)c2cccc3c4c([nH]c23)CCCC4)n1. The fourth-order valence-corrected chi connectivity index (χ4v) is 3.76. The first-order chi connectivity index (χ1) is 13.1. The number of aromatic amines is 1. The number of nitrogens with zero attached hydrogens (tertiary/aromatic N) is 2. The van der Waals surface area contributed by atoms with Crippen LogP contribution in [0.1, 0.15) is 72.4 Å². The standard InChI is InChI=1S/C21H26N4O2/c1-13(2)20-24-18(27-25-20)11-6-12-22-21(26)16-9-5-8-15-14-7-3-4-10-17(14)23-19(15)16/h5,8-9,13,23H,3-4,6-7,10-12H2,1-2H3,(H,22,26). The van der Waals surface area contributed by atoms with Crippen LogP contribution in [0.5, 0.6) is 0 Å². The van der Waals surface area contributed by atoms with E-state index in [1.807, 2.05) is 26.0 Å². The molecule has 0 fully saturated rings. The molecule has 1 amide bonds. The van der Waals surface area contributed by atoms with E-state index in [0.29, 0.717) is 18.9 Å². The number of rotatable bonds is 6. The summed E-state index contributed by atoms with van der Waals surface area (Å²) in [6.07, 6.45) is 6.06. The average molecular weight is 366 g/mol. The molecule has 1 aliphatic carbocycles. The number of H-pyrrole nitrogens is 1. The van der Waals surface area contributed by atoms with Gasteiger partial charge in [0, 0.05) is 30.0 Å². The molecule has 1 aromatic carbocycles. The van der Waals surface area contributed by atoms with E-state index >= 15 is 0 Å². The van der Waals surface area contributed by atoms with E-state index < -0.39 is 0 Å². The number of nitrogens with one attached hydrogen (secondary N) is 2. The van der Waals surface area contributed by atoms with E-state index in [4.69, 9.17) is 4.52 Å². The molecule has 2 N–H and O–H groups in total. The maximum absolute atomic E-state index is 12.7. The molecule has 0 atom stereocenters. The van der Waals surface area contributed by atoms with Crippen LogP contribution in [0, 0.1) is 0 Å². The molecule has 2 heterocycles. The van der Waals surface area contributed by atoms with Gasteiger partial charge in [0.1, 0.15) is 0 Å². The predicted molar refractivity (Wildman–Crippen MR) is 104 cm³/mol. The van der Waals surface area contributed by atoms with Gasteiger partial charge in [-0.2, -0.15) is 4.98 Å². The maximum Gasteiger partial charge on any atom is 0.253 e. The number of hydrogen-bond acceptors (Lipinski definition) is 4. The smallest absolute Gasteiger partial charge is 0.253 e. The largest absolute Gasteiger partial charge is 0.358 e. The summed E-state index contributed by atoms with van der Waals surface area (Å²) in [5.74, 6) is 1.59. The molecular weight excluding hydrogens is 340 g/mol. The summed E-state index contributed by atoms with van der Waals surface area (Å²) >= 11 is 0. The number of carbonyl (C=O) groups is 1. The number of para-hydroxylation sites is 1. The third kappa shape index (κ3) is 3.61. The zero-order chi connectivity index (χ0) is 18.8. The van der Waals surface area contributed by atoms with Crippen LogP contribution in [-0.2, 0) is 19.3 Å². The van der Waals surface area contributed by atoms with Crippen LogP contribution in [0.4, 0.5) is 0 Å². The number of amides is 1. The summed E-state index contributed by atoms with van der Waals surface area (Å²) in [4.78, 5) is 20.6. The van der Waals surface area contributed by atoms with Gasteiger partial charge in [-0.05, 0) is 43.7 Å². The Bertz CT molecular complexity index is 954. The minimum absolute atomic E-state index is 0.0346. The van der Waals surface area contributed by atoms with Crippen LogP contribution >= 0.6 is 0 Å². The fourth-order valence-electron chi connectivity index (χ4n) is 3.76. The monoisotopic (exact) mass is 366 g/mol. The van der Waals surface area contributed by atoms with Gasteiger partial charge >= 0.3 is 0 Å². The second-order valence-electron chi connectivity index (χ2n) is 7.58. The molecule has 0 aliphatic heterocycles. The van der Waals surface area contributed by atoms with Crippen molar-refractivity contribution in [1.82, 2.24) is 20.4 Å². The van der Waals surface area contributed by atoms with Gasteiger partial charge in [0.25, 0.3) is 5.91 Å². The molecule has 3 aromatic rings. The minimum Gasteiger partial charge on any atom is -0.358 e. The molecule has 0 unspecified atom stereocenters. The van der Waals surface area contributed by atoms with E-state index in [9.17, 15) is 4.79 Å². The Labute approximate surface area is 158 Å². The summed E-state index contributed by atoms with van der Waals surface area (Å²) in [5, 5.41) is 8.19. The highest BCUT2D eigenvalue weighted by atomic mass is 16.5. The topological polar surface area (TPSA) is 83.8 Å². The summed E-state index contributed by atoms with van der Waals surface area (Å²) < 4.78 is 5.24. The normalized spacial score (nSPS) is 13.9. The van der Waals surface area contributed by atoms with Gasteiger partial charge in [-0.3, -0.25) is 4.79 Å². The lowest BCUT2D eigenvalue weighted by atomic mass is 9.95. The molecule has 0 bridgehead atoms. The highest BCUT2D eigenvalue weighted by Crippen LogP contribution is 2.30. The molecule has 0 saturated carbocycles. The molecule has 4 rings (SSSR count). The van der Waals surface area contributed by atoms with Crippen LogP contribution in [-0.4, -0.2) is 27.6 Å². The fraction of sp³-hybridized carbons (Fsp3) is 0.476. The van der Waals surface area contributed by atoms with E-state index in [2.05, 4.69) is 26.5 Å². The molecule has 2 aromatic heterocycles. The highest BCUT2D eigenvalue weighted by molar-refractivity contribution is 6.06. The zero-order valence-corrected chi connectivity index (χ0v) is 16.0. The second kappa shape index (κ2) is 7.55. The van der Waals surface area contributed by atoms with Gasteiger partial charge in [-0.1, -0.05) is 31.1 Å². The molecule has 27 heavy (non-hydrogen) atoms. The molecule has 0 spiro atoms. The van der Waals surface area contributed by atoms with Gasteiger partial charge in [-0.25, -0.2) is 0 Å². The van der Waals surface area contributed by atoms with Crippen LogP contribution < -0.4 is 5.32 Å². The molecule has 0 saturated heterocycles. The van der Waals surface area contributed by atoms with Crippen molar-refractivity contribution in [1.29, 1.82) is 0 Å². The third-order valence-electron chi connectivity index (χ3n) is 5.23. The van der Waals surface area contributed by atoms with E-state index in [1.165, 1.54) is 29.5 Å². The van der Waals surface area contributed by atoms with Crippen molar-refractivity contribution in [2.45, 2.75) is 58.3 Å². The van der Waals surface area contributed by atoms with Crippen molar-refractivity contribution in [2.24, 2.45) is 0 Å². The first kappa shape index (κ1) is 17.8. The summed E-state index contributed by atoms with van der Waals surface area (Å²) in [6.45, 7) is 4.65. The second-order valence-corrected chi connectivity index (χ2v) is 7.58. The van der Waals surface area contributed by atoms with Crippen LogP contribution in [0.2, 0.25) is 0 Å². The number of hydrogen-bond donors (Lipinski definition) is 2. The predicted octanol–water partition coefficient (Wildman–Crippen LogP) is 3.92. The van der Waals surface area contributed by atoms with Gasteiger partial charge < -0.3 is 14.8 Å². The Morgan fingerprint density at radius 2 is 2.15 bits per heavy atom. The lowest BCUT2D eigenvalue weighted by molar-refractivity contribution is 0.0954. The lowest BCUT2D eigenvalue weighted by Gasteiger charge is -2.10. The first-order valence-corrected chi connectivity index (χ1v) is 9.86. The van der Waals surface area contributed by atoms with Crippen molar-refractivity contribution in [3.05, 3.63) is 46.7 Å². The molecular formula is C21H26N4O2. The van der Waals surface area contributed by atoms with Crippen LogP contribution in [0.3, 0.4) is 0 Å². The van der Waals surface area contributed by atoms with Gasteiger partial charge in [-0.15, -0.1) is 0 Å². The Balaban J connectivity index is 1.39. The van der Waals surface area contributed by atoms with Crippen LogP contribution in [0.15, 0.2) is 22.7 Å². The van der Waals surface area contributed by atoms with Gasteiger partial charge in [0.05, 0.1) is 11.1 Å². The van der Waals surface area contributed by atoms with Crippen LogP contribution in [0.25, 0.3) is 10.9 Å². The first-order valence-electron chi connectivity index (χ1n) is 9.86. The molecule has 0 radical (unpaired) electrons. The van der Waals surface area contributed by atoms with Crippen molar-refractivity contribution < 1.29 is 9.32 Å². The molecule has 1 aliphatic rings. The minimum atomic E-state index is -0.0346. The molecule has 6 nitrogen and oxygen atoms in total. The van der Waals surface area contributed by atoms with Crippen molar-refractivity contribution in [3.8, 4) is 0 Å². The van der Waals surface area contributed by atoms with Gasteiger partial charge in [0.15, 0.2) is 5.82 Å². The van der Waals surface area contributed by atoms with Crippen molar-refractivity contribution in [3.63, 3.8) is 0 Å². The Hall–Kier alpha value is -2.63. The number of carbonyl (C=O) groups excluding carboxylic acids is 1. The molecule has 142 valence electrons. The van der Waals surface area contributed by atoms with Crippen molar-refractivity contribution in [2.75, 3.05) is 6.54 Å². The molecule has 6 heteroatoms. The zero-order valence-electron chi connectivity index (χ0n) is 16.0. The average Bonchev–Trinajstić information content (AvgIpc) is 3.29. The summed E-state index contributed by atoms with van der Waals surface area (Å²) in [7, 11) is 0. The third-order valence-corrected chi connectivity index (χ3v) is 5.23. The maximum atomic E-state index is 12.7. The highest BCUT2D eigenvalue weighted by Gasteiger charge is 2.19. The number of aryl methyl sites for hydroxylation is 3. The quantitative estimate of drug-likeness (QED) is 0.648. The number of benzene rings is 1. The summed E-state index contributed by atoms with van der Waals surface area (Å²) in [6, 6.07) is 5.99. The number of aromatic nitrogens is 3. The lowest BCUT2D eigenvalue weighted by Crippen LogP contribution is -2.25. The Morgan fingerprint density at radius 1 is 1.30 bits per heavy atom. The Morgan fingerprint density at radius 3 is 2.96 bits per heavy atom. The van der Waals surface area contributed by atoms with E-state index in [0.717, 1.165) is 36.2 Å². The van der Waals surface area contributed by atoms with Gasteiger partial charge in [0.2, 0.25) is 5.89 Å². The Kier molecular flexibility index (Phi) is 4.97. The summed E-state index contributed by atoms with van der Waals surface area (Å²) in [5.41, 5.74) is 4.39. The van der Waals surface area contributed by atoms with E-state index in [-0.39, 0.29) is 11.8 Å².